The van der Waals surface area contributed by atoms with E-state index in [-0.39, 0.29) is 0 Å². The summed E-state index contributed by atoms with van der Waals surface area (Å²) in [5.41, 5.74) is 1.35. The largest absolute Gasteiger partial charge is 0.355 e. The Morgan fingerprint density at radius 3 is 2.94 bits per heavy atom. The van der Waals surface area contributed by atoms with E-state index in [9.17, 15) is 0 Å². The molecule has 3 rings (SSSR count). The third-order valence-electron chi connectivity index (χ3n) is 3.34. The highest BCUT2D eigenvalue weighted by Crippen LogP contribution is 2.23. The smallest absolute Gasteiger partial charge is 0.133 e. The molecule has 2 fully saturated rings. The van der Waals surface area contributed by atoms with E-state index in [1.807, 2.05) is 24.0 Å². The first kappa shape index (κ1) is 11.4. The summed E-state index contributed by atoms with van der Waals surface area (Å²) in [5.74, 6) is 3.65. The predicted molar refractivity (Wildman–Crippen MR) is 73.6 cm³/mol. The second kappa shape index (κ2) is 5.27. The highest BCUT2D eigenvalue weighted by atomic mass is 32.2. The van der Waals surface area contributed by atoms with Crippen LogP contribution in [0.15, 0.2) is 18.3 Å². The first-order chi connectivity index (χ1) is 8.43. The molecule has 92 valence electrons. The van der Waals surface area contributed by atoms with Crippen LogP contribution in [0.25, 0.3) is 0 Å². The Balaban J connectivity index is 1.71. The Hall–Kier alpha value is -0.740. The first-order valence-corrected chi connectivity index (χ1v) is 7.59. The van der Waals surface area contributed by atoms with Gasteiger partial charge in [-0.25, -0.2) is 4.98 Å². The molecule has 0 aromatic carbocycles. The zero-order valence-electron chi connectivity index (χ0n) is 10.1. The highest BCUT2D eigenvalue weighted by molar-refractivity contribution is 7.99. The van der Waals surface area contributed by atoms with Gasteiger partial charge in [-0.1, -0.05) is 6.07 Å². The molecule has 2 aliphatic rings. The van der Waals surface area contributed by atoms with E-state index in [4.69, 9.17) is 0 Å². The van der Waals surface area contributed by atoms with Crippen LogP contribution in [0.1, 0.15) is 18.4 Å². The minimum Gasteiger partial charge on any atom is -0.355 e. The number of hydrogen-bond acceptors (Lipinski definition) is 4. The van der Waals surface area contributed by atoms with Crippen LogP contribution < -0.4 is 10.2 Å². The monoisotopic (exact) mass is 249 g/mol. The van der Waals surface area contributed by atoms with Gasteiger partial charge in [0.1, 0.15) is 5.82 Å². The van der Waals surface area contributed by atoms with Crippen LogP contribution in [0, 0.1) is 0 Å². The molecule has 0 radical (unpaired) electrons. The topological polar surface area (TPSA) is 28.2 Å². The fraction of sp³-hybridized carbons (Fsp3) is 0.615. The summed E-state index contributed by atoms with van der Waals surface area (Å²) in [6.45, 7) is 3.24. The Morgan fingerprint density at radius 2 is 2.18 bits per heavy atom. The summed E-state index contributed by atoms with van der Waals surface area (Å²) in [5, 5.41) is 3.58. The van der Waals surface area contributed by atoms with Gasteiger partial charge in [0.05, 0.1) is 0 Å². The molecule has 1 aromatic rings. The van der Waals surface area contributed by atoms with Crippen LogP contribution in [0.3, 0.4) is 0 Å². The molecule has 0 amide bonds. The number of nitrogens with one attached hydrogen (secondary N) is 1. The lowest BCUT2D eigenvalue weighted by atomic mass is 10.2. The van der Waals surface area contributed by atoms with Gasteiger partial charge in [0, 0.05) is 48.9 Å². The van der Waals surface area contributed by atoms with Crippen molar-refractivity contribution in [1.82, 2.24) is 10.3 Å². The average molecular weight is 249 g/mol. The third-order valence-corrected chi connectivity index (χ3v) is 4.28. The molecular weight excluding hydrogens is 230 g/mol. The summed E-state index contributed by atoms with van der Waals surface area (Å²) in [6.07, 6.45) is 4.60. The van der Waals surface area contributed by atoms with Crippen LogP contribution in [-0.4, -0.2) is 35.6 Å². The van der Waals surface area contributed by atoms with Crippen molar-refractivity contribution in [2.45, 2.75) is 25.4 Å². The molecule has 2 heterocycles. The summed E-state index contributed by atoms with van der Waals surface area (Å²) >= 11 is 2.04. The molecule has 0 spiro atoms. The van der Waals surface area contributed by atoms with Gasteiger partial charge < -0.3 is 10.2 Å². The average Bonchev–Trinajstić information content (AvgIpc) is 3.22. The van der Waals surface area contributed by atoms with Gasteiger partial charge in [0.25, 0.3) is 0 Å². The van der Waals surface area contributed by atoms with E-state index < -0.39 is 0 Å². The number of rotatable bonds is 4. The van der Waals surface area contributed by atoms with Crippen LogP contribution in [0.4, 0.5) is 5.82 Å². The van der Waals surface area contributed by atoms with E-state index in [1.54, 1.807) is 0 Å². The van der Waals surface area contributed by atoms with Crippen LogP contribution in [-0.2, 0) is 6.54 Å². The minimum absolute atomic E-state index is 0.764. The molecule has 1 aliphatic carbocycles. The van der Waals surface area contributed by atoms with Crippen molar-refractivity contribution in [3.8, 4) is 0 Å². The molecule has 0 bridgehead atoms. The Morgan fingerprint density at radius 1 is 1.35 bits per heavy atom. The Labute approximate surface area is 107 Å². The molecular formula is C13H19N3S. The lowest BCUT2D eigenvalue weighted by Crippen LogP contribution is -2.34. The van der Waals surface area contributed by atoms with Crippen LogP contribution in [0.5, 0.6) is 0 Å². The molecule has 1 saturated carbocycles. The fourth-order valence-electron chi connectivity index (χ4n) is 2.17. The standard InChI is InChI=1S/C13H19N3S/c1-2-11(10-15-12-3-4-12)13(14-5-1)16-6-8-17-9-7-16/h1-2,5,12,15H,3-4,6-10H2. The third kappa shape index (κ3) is 2.93. The van der Waals surface area contributed by atoms with Gasteiger partial charge in [-0.05, 0) is 18.9 Å². The molecule has 4 heteroatoms. The van der Waals surface area contributed by atoms with Crippen molar-refractivity contribution in [3.63, 3.8) is 0 Å². The van der Waals surface area contributed by atoms with E-state index in [0.717, 1.165) is 25.7 Å². The number of aromatic nitrogens is 1. The number of anilines is 1. The van der Waals surface area contributed by atoms with Crippen LogP contribution >= 0.6 is 11.8 Å². The number of nitrogens with zero attached hydrogens (tertiary/aromatic N) is 2. The van der Waals surface area contributed by atoms with Gasteiger partial charge in [-0.3, -0.25) is 0 Å². The van der Waals surface area contributed by atoms with E-state index in [2.05, 4.69) is 21.3 Å². The first-order valence-electron chi connectivity index (χ1n) is 6.43. The van der Waals surface area contributed by atoms with Gasteiger partial charge in [0.15, 0.2) is 0 Å². The maximum Gasteiger partial charge on any atom is 0.133 e. The van der Waals surface area contributed by atoms with Crippen LogP contribution in [0.2, 0.25) is 0 Å². The van der Waals surface area contributed by atoms with E-state index in [0.29, 0.717) is 0 Å². The molecule has 3 nitrogen and oxygen atoms in total. The number of thioether (sulfide) groups is 1. The van der Waals surface area contributed by atoms with Crippen molar-refractivity contribution in [1.29, 1.82) is 0 Å². The van der Waals surface area contributed by atoms with Crippen molar-refractivity contribution in [2.75, 3.05) is 29.5 Å². The van der Waals surface area contributed by atoms with Crippen molar-refractivity contribution >= 4 is 17.6 Å². The van der Waals surface area contributed by atoms with E-state index >= 15 is 0 Å². The second-order valence-corrected chi connectivity index (χ2v) is 5.97. The summed E-state index contributed by atoms with van der Waals surface area (Å²) in [7, 11) is 0. The van der Waals surface area contributed by atoms with Gasteiger partial charge >= 0.3 is 0 Å². The summed E-state index contributed by atoms with van der Waals surface area (Å²) in [4.78, 5) is 7.01. The summed E-state index contributed by atoms with van der Waals surface area (Å²) in [6, 6.07) is 5.02. The number of hydrogen-bond donors (Lipinski definition) is 1. The van der Waals surface area contributed by atoms with Gasteiger partial charge in [-0.15, -0.1) is 0 Å². The highest BCUT2D eigenvalue weighted by Gasteiger charge is 2.21. The lowest BCUT2D eigenvalue weighted by molar-refractivity contribution is 0.681. The molecule has 17 heavy (non-hydrogen) atoms. The Kier molecular flexibility index (Phi) is 3.52. The normalized spacial score (nSPS) is 20.6. The number of pyridine rings is 1. The molecule has 1 saturated heterocycles. The fourth-order valence-corrected chi connectivity index (χ4v) is 3.07. The predicted octanol–water partition coefficient (Wildman–Crippen LogP) is 1.89. The maximum absolute atomic E-state index is 4.58. The SMILES string of the molecule is c1cnc(N2CCSCC2)c(CNC2CC2)c1. The lowest BCUT2D eigenvalue weighted by Gasteiger charge is -2.29. The molecule has 1 aromatic heterocycles. The second-order valence-electron chi connectivity index (χ2n) is 4.74. The van der Waals surface area contributed by atoms with Crippen molar-refractivity contribution < 1.29 is 0 Å². The zero-order chi connectivity index (χ0) is 11.5. The maximum atomic E-state index is 4.58. The molecule has 1 N–H and O–H groups in total. The zero-order valence-corrected chi connectivity index (χ0v) is 10.9. The summed E-state index contributed by atoms with van der Waals surface area (Å²) < 4.78 is 0. The van der Waals surface area contributed by atoms with E-state index in [1.165, 1.54) is 35.7 Å². The van der Waals surface area contributed by atoms with Crippen molar-refractivity contribution in [3.05, 3.63) is 23.9 Å². The minimum atomic E-state index is 0.764. The molecule has 0 unspecified atom stereocenters. The molecule has 0 atom stereocenters. The van der Waals surface area contributed by atoms with Gasteiger partial charge in [0.2, 0.25) is 0 Å². The quantitative estimate of drug-likeness (QED) is 0.882. The van der Waals surface area contributed by atoms with Gasteiger partial charge in [-0.2, -0.15) is 11.8 Å². The van der Waals surface area contributed by atoms with Crippen molar-refractivity contribution in [2.24, 2.45) is 0 Å². The molecule has 1 aliphatic heterocycles. The Bertz CT molecular complexity index is 373.